The monoisotopic (exact) mass is 726 g/mol. The van der Waals surface area contributed by atoms with Crippen LogP contribution in [0.1, 0.15) is 69.2 Å². The first-order chi connectivity index (χ1) is 24.8. The molecule has 0 fully saturated rings. The molecule has 10 nitrogen and oxygen atoms in total. The fourth-order valence-corrected chi connectivity index (χ4v) is 7.27. The molecule has 0 saturated heterocycles. The van der Waals surface area contributed by atoms with Gasteiger partial charge in [-0.1, -0.05) is 69.3 Å². The van der Waals surface area contributed by atoms with Crippen molar-refractivity contribution in [3.8, 4) is 28.3 Å². The van der Waals surface area contributed by atoms with Gasteiger partial charge in [0.05, 0.1) is 17.8 Å². The molecular weight excluding hydrogens is 676 g/mol. The van der Waals surface area contributed by atoms with Crippen molar-refractivity contribution in [2.24, 2.45) is 5.92 Å². The molecule has 2 N–H and O–H groups in total. The van der Waals surface area contributed by atoms with Gasteiger partial charge in [-0.25, -0.2) is 4.98 Å². The lowest BCUT2D eigenvalue weighted by Crippen LogP contribution is -2.41. The lowest BCUT2D eigenvalue weighted by atomic mass is 9.96. The molecule has 0 spiro atoms. The predicted octanol–water partition coefficient (Wildman–Crippen LogP) is 7.33. The number of nitrogens with one attached hydrogen (secondary N) is 2. The zero-order valence-electron chi connectivity index (χ0n) is 31.6. The number of aryl methyl sites for hydroxylation is 1. The third-order valence-corrected chi connectivity index (χ3v) is 11.0. The van der Waals surface area contributed by atoms with Gasteiger partial charge in [-0.3, -0.25) is 24.2 Å². The SMILES string of the molecule is C=C1N(C)C=C(C(=O)Nc2cccc(-c3cccc(-c4cc5c(c(OC)n4)C(N(C)CCC(CC)NC(=O)C(C)CC)CC5)c3Cl)c2C)C(=O)N1C. The van der Waals surface area contributed by atoms with E-state index in [1.54, 1.807) is 32.2 Å². The van der Waals surface area contributed by atoms with Crippen molar-refractivity contribution in [1.82, 2.24) is 25.0 Å². The number of ether oxygens (including phenoxy) is 1. The van der Waals surface area contributed by atoms with Gasteiger partial charge in [0.25, 0.3) is 11.8 Å². The van der Waals surface area contributed by atoms with Crippen molar-refractivity contribution in [3.05, 3.63) is 88.4 Å². The number of aromatic nitrogens is 1. The Labute approximate surface area is 312 Å². The molecule has 3 amide bonds. The Bertz CT molecular complexity index is 1910. The van der Waals surface area contributed by atoms with Crippen LogP contribution in [0, 0.1) is 12.8 Å². The molecule has 276 valence electrons. The molecule has 3 unspecified atom stereocenters. The van der Waals surface area contributed by atoms with E-state index in [-0.39, 0.29) is 29.5 Å². The number of benzene rings is 2. The number of methoxy groups -OCH3 is 1. The second-order valence-corrected chi connectivity index (χ2v) is 14.2. The summed E-state index contributed by atoms with van der Waals surface area (Å²) in [6.07, 6.45) is 5.90. The number of halogens is 1. The van der Waals surface area contributed by atoms with Crippen molar-refractivity contribution < 1.29 is 19.1 Å². The number of carbonyl (C=O) groups excluding carboxylic acids is 3. The fraction of sp³-hybridized carbons (Fsp3) is 0.415. The average Bonchev–Trinajstić information content (AvgIpc) is 3.58. The lowest BCUT2D eigenvalue weighted by molar-refractivity contribution is -0.128. The summed E-state index contributed by atoms with van der Waals surface area (Å²) in [5, 5.41) is 6.69. The molecule has 1 aliphatic carbocycles. The Morgan fingerprint density at radius 2 is 1.81 bits per heavy atom. The molecule has 11 heteroatoms. The minimum Gasteiger partial charge on any atom is -0.481 e. The van der Waals surface area contributed by atoms with Crippen LogP contribution in [0.5, 0.6) is 5.88 Å². The Hall–Kier alpha value is -4.67. The summed E-state index contributed by atoms with van der Waals surface area (Å²) in [4.78, 5) is 49.0. The molecule has 5 rings (SSSR count). The predicted molar refractivity (Wildman–Crippen MR) is 208 cm³/mol. The molecule has 0 radical (unpaired) electrons. The molecular formula is C41H51ClN6O4. The third kappa shape index (κ3) is 7.73. The minimum atomic E-state index is -0.506. The van der Waals surface area contributed by atoms with E-state index in [2.05, 4.69) is 42.2 Å². The van der Waals surface area contributed by atoms with E-state index >= 15 is 0 Å². The molecule has 2 aromatic carbocycles. The Balaban J connectivity index is 1.38. The number of fused-ring (bicyclic) bond motifs is 1. The van der Waals surface area contributed by atoms with Crippen LogP contribution in [0.2, 0.25) is 5.02 Å². The quantitative estimate of drug-likeness (QED) is 0.178. The number of likely N-dealkylation sites (N-methyl/N-ethyl adjacent to an activating group) is 1. The maximum absolute atomic E-state index is 13.3. The third-order valence-electron chi connectivity index (χ3n) is 10.6. The standard InChI is InChI=1S/C41H51ClN6O4/c1-10-24(3)38(49)43-28(11-2)20-21-46(6)35-19-18-27-22-34(45-40(52-9)36(27)35)31-16-12-15-30(37(31)42)29-14-13-17-33(25(29)4)44-39(50)32-23-47(7)26(5)48(8)41(32)51/h12-17,22-24,28,35H,5,10-11,18-21H2,1-4,6-9H3,(H,43,49)(H,44,50). The van der Waals surface area contributed by atoms with Gasteiger partial charge in [-0.05, 0) is 74.9 Å². The van der Waals surface area contributed by atoms with Gasteiger partial charge in [0.2, 0.25) is 11.8 Å². The molecule has 3 atom stereocenters. The summed E-state index contributed by atoms with van der Waals surface area (Å²) < 4.78 is 5.92. The van der Waals surface area contributed by atoms with Crippen molar-refractivity contribution >= 4 is 35.0 Å². The number of anilines is 1. The zero-order chi connectivity index (χ0) is 37.9. The van der Waals surface area contributed by atoms with Crippen LogP contribution < -0.4 is 15.4 Å². The number of amides is 3. The summed E-state index contributed by atoms with van der Waals surface area (Å²) in [5.41, 5.74) is 6.82. The second kappa shape index (κ2) is 16.3. The molecule has 1 aromatic heterocycles. The minimum absolute atomic E-state index is 0.0124. The molecule has 0 saturated carbocycles. The number of nitrogens with zero attached hydrogens (tertiary/aromatic N) is 4. The summed E-state index contributed by atoms with van der Waals surface area (Å²) in [6.45, 7) is 12.8. The maximum Gasteiger partial charge on any atom is 0.266 e. The van der Waals surface area contributed by atoms with Gasteiger partial charge < -0.3 is 20.3 Å². The summed E-state index contributed by atoms with van der Waals surface area (Å²) in [5.74, 6) is 0.280. The van der Waals surface area contributed by atoms with Crippen LogP contribution in [0.15, 0.2) is 66.6 Å². The summed E-state index contributed by atoms with van der Waals surface area (Å²) in [7, 11) is 7.12. The van der Waals surface area contributed by atoms with E-state index in [4.69, 9.17) is 21.3 Å². The van der Waals surface area contributed by atoms with Crippen LogP contribution in [0.4, 0.5) is 5.69 Å². The van der Waals surface area contributed by atoms with Crippen molar-refractivity contribution in [1.29, 1.82) is 0 Å². The van der Waals surface area contributed by atoms with Crippen LogP contribution in [0.3, 0.4) is 0 Å². The average molecular weight is 727 g/mol. The van der Waals surface area contributed by atoms with Gasteiger partial charge in [-0.2, -0.15) is 0 Å². The Kier molecular flexibility index (Phi) is 12.1. The first-order valence-electron chi connectivity index (χ1n) is 18.0. The molecule has 0 bridgehead atoms. The van der Waals surface area contributed by atoms with Gasteiger partial charge >= 0.3 is 0 Å². The highest BCUT2D eigenvalue weighted by Crippen LogP contribution is 2.44. The second-order valence-electron chi connectivity index (χ2n) is 13.9. The zero-order valence-corrected chi connectivity index (χ0v) is 32.4. The van der Waals surface area contributed by atoms with Gasteiger partial charge in [0, 0.05) is 67.2 Å². The maximum atomic E-state index is 13.3. The molecule has 52 heavy (non-hydrogen) atoms. The number of rotatable bonds is 13. The van der Waals surface area contributed by atoms with Crippen LogP contribution >= 0.6 is 11.6 Å². The Morgan fingerprint density at radius 3 is 2.50 bits per heavy atom. The molecule has 2 heterocycles. The van der Waals surface area contributed by atoms with Gasteiger partial charge in [-0.15, -0.1) is 0 Å². The number of carbonyl (C=O) groups is 3. The van der Waals surface area contributed by atoms with E-state index in [0.29, 0.717) is 22.4 Å². The number of hydrogen-bond donors (Lipinski definition) is 2. The normalized spacial score (nSPS) is 16.8. The summed E-state index contributed by atoms with van der Waals surface area (Å²) >= 11 is 7.19. The van der Waals surface area contributed by atoms with Crippen LogP contribution in [-0.4, -0.2) is 78.2 Å². The molecule has 2 aliphatic rings. The van der Waals surface area contributed by atoms with E-state index in [9.17, 15) is 14.4 Å². The van der Waals surface area contributed by atoms with Crippen LogP contribution in [0.25, 0.3) is 22.4 Å². The van der Waals surface area contributed by atoms with E-state index in [1.807, 2.05) is 51.1 Å². The van der Waals surface area contributed by atoms with E-state index in [0.717, 1.165) is 72.2 Å². The number of pyridine rings is 1. The first kappa shape index (κ1) is 38.6. The Morgan fingerprint density at radius 1 is 1.12 bits per heavy atom. The van der Waals surface area contributed by atoms with Gasteiger partial charge in [0.15, 0.2) is 0 Å². The van der Waals surface area contributed by atoms with Crippen molar-refractivity contribution in [2.75, 3.05) is 40.1 Å². The van der Waals surface area contributed by atoms with Crippen molar-refractivity contribution in [2.45, 2.75) is 71.9 Å². The largest absolute Gasteiger partial charge is 0.481 e. The fourth-order valence-electron chi connectivity index (χ4n) is 6.94. The first-order valence-corrected chi connectivity index (χ1v) is 18.4. The molecule has 1 aliphatic heterocycles. The number of hydrogen-bond acceptors (Lipinski definition) is 7. The van der Waals surface area contributed by atoms with E-state index in [1.165, 1.54) is 16.7 Å². The summed E-state index contributed by atoms with van der Waals surface area (Å²) in [6, 6.07) is 13.9. The molecule has 3 aromatic rings. The van der Waals surface area contributed by atoms with E-state index < -0.39 is 11.8 Å². The highest BCUT2D eigenvalue weighted by molar-refractivity contribution is 6.36. The van der Waals surface area contributed by atoms with Crippen LogP contribution in [-0.2, 0) is 20.8 Å². The topological polar surface area (TPSA) is 107 Å². The smallest absolute Gasteiger partial charge is 0.266 e. The lowest BCUT2D eigenvalue weighted by Gasteiger charge is -2.31. The van der Waals surface area contributed by atoms with Gasteiger partial charge in [0.1, 0.15) is 11.4 Å². The highest BCUT2D eigenvalue weighted by Gasteiger charge is 2.33. The van der Waals surface area contributed by atoms with Crippen molar-refractivity contribution in [3.63, 3.8) is 0 Å². The highest BCUT2D eigenvalue weighted by atomic mass is 35.5.